The number of nitrogens with one attached hydrogen (secondary N) is 1. The summed E-state index contributed by atoms with van der Waals surface area (Å²) < 4.78 is 0. The van der Waals surface area contributed by atoms with Gasteiger partial charge < -0.3 is 10.2 Å². The Bertz CT molecular complexity index is 344. The van der Waals surface area contributed by atoms with Gasteiger partial charge in [0, 0.05) is 24.2 Å². The maximum atomic E-state index is 3.49. The second-order valence-corrected chi connectivity index (χ2v) is 6.00. The Morgan fingerprint density at radius 1 is 1.33 bits per heavy atom. The summed E-state index contributed by atoms with van der Waals surface area (Å²) >= 11 is 1.80. The van der Waals surface area contributed by atoms with E-state index < -0.39 is 0 Å². The van der Waals surface area contributed by atoms with Crippen LogP contribution in [0.3, 0.4) is 0 Å². The standard InChI is InChI=1S/C15H24N2S/c1-17(11-9-13-4-3-10-16-12-13)14-5-7-15(18-2)8-6-14/h5-8,13,16H,3-4,9-12H2,1-2H3. The second-order valence-electron chi connectivity index (χ2n) is 5.12. The first-order chi connectivity index (χ1) is 8.79. The smallest absolute Gasteiger partial charge is 0.0364 e. The normalized spacial score (nSPS) is 19.8. The van der Waals surface area contributed by atoms with Gasteiger partial charge in [-0.05, 0) is 68.8 Å². The Morgan fingerprint density at radius 2 is 2.11 bits per heavy atom. The molecular formula is C15H24N2S. The molecule has 1 atom stereocenters. The van der Waals surface area contributed by atoms with E-state index in [0.29, 0.717) is 0 Å². The lowest BCUT2D eigenvalue weighted by molar-refractivity contribution is 0.360. The van der Waals surface area contributed by atoms with E-state index in [4.69, 9.17) is 0 Å². The number of rotatable bonds is 5. The molecular weight excluding hydrogens is 240 g/mol. The van der Waals surface area contributed by atoms with Crippen molar-refractivity contribution in [2.45, 2.75) is 24.2 Å². The van der Waals surface area contributed by atoms with Crippen LogP contribution >= 0.6 is 11.8 Å². The second kappa shape index (κ2) is 7.05. The molecule has 1 aromatic rings. The van der Waals surface area contributed by atoms with Gasteiger partial charge in [0.25, 0.3) is 0 Å². The van der Waals surface area contributed by atoms with Crippen molar-refractivity contribution in [3.8, 4) is 0 Å². The molecule has 18 heavy (non-hydrogen) atoms. The van der Waals surface area contributed by atoms with E-state index in [1.54, 1.807) is 11.8 Å². The van der Waals surface area contributed by atoms with E-state index in [2.05, 4.69) is 47.8 Å². The number of nitrogens with zero attached hydrogens (tertiary/aromatic N) is 1. The Labute approximate surface area is 115 Å². The van der Waals surface area contributed by atoms with Gasteiger partial charge in [-0.2, -0.15) is 0 Å². The quantitative estimate of drug-likeness (QED) is 0.822. The Kier molecular flexibility index (Phi) is 5.39. The molecule has 0 bridgehead atoms. The van der Waals surface area contributed by atoms with Crippen LogP contribution in [0.2, 0.25) is 0 Å². The fourth-order valence-electron chi connectivity index (χ4n) is 2.51. The summed E-state index contributed by atoms with van der Waals surface area (Å²) in [6, 6.07) is 8.87. The van der Waals surface area contributed by atoms with Gasteiger partial charge in [-0.15, -0.1) is 11.8 Å². The van der Waals surface area contributed by atoms with E-state index in [1.165, 1.54) is 42.9 Å². The molecule has 1 aromatic carbocycles. The molecule has 0 radical (unpaired) electrons. The number of benzene rings is 1. The minimum Gasteiger partial charge on any atom is -0.375 e. The molecule has 1 N–H and O–H groups in total. The van der Waals surface area contributed by atoms with Gasteiger partial charge in [-0.3, -0.25) is 0 Å². The molecule has 0 aliphatic carbocycles. The summed E-state index contributed by atoms with van der Waals surface area (Å²) in [7, 11) is 2.20. The molecule has 1 heterocycles. The zero-order chi connectivity index (χ0) is 12.8. The number of hydrogen-bond acceptors (Lipinski definition) is 3. The van der Waals surface area contributed by atoms with Crippen molar-refractivity contribution in [2.24, 2.45) is 5.92 Å². The predicted octanol–water partition coefficient (Wildman–Crippen LogP) is 3.23. The zero-order valence-electron chi connectivity index (χ0n) is 11.5. The summed E-state index contributed by atoms with van der Waals surface area (Å²) in [4.78, 5) is 3.71. The van der Waals surface area contributed by atoms with Crippen molar-refractivity contribution < 1.29 is 0 Å². The zero-order valence-corrected chi connectivity index (χ0v) is 12.3. The first-order valence-electron chi connectivity index (χ1n) is 6.85. The maximum absolute atomic E-state index is 3.49. The average Bonchev–Trinajstić information content (AvgIpc) is 2.46. The Balaban J connectivity index is 1.80. The third-order valence-electron chi connectivity index (χ3n) is 3.78. The first-order valence-corrected chi connectivity index (χ1v) is 8.08. The van der Waals surface area contributed by atoms with E-state index in [1.807, 2.05) is 0 Å². The number of thioether (sulfide) groups is 1. The van der Waals surface area contributed by atoms with Crippen molar-refractivity contribution in [3.63, 3.8) is 0 Å². The van der Waals surface area contributed by atoms with Crippen LogP contribution in [0.15, 0.2) is 29.2 Å². The monoisotopic (exact) mass is 264 g/mol. The summed E-state index contributed by atoms with van der Waals surface area (Å²) in [6.45, 7) is 3.58. The summed E-state index contributed by atoms with van der Waals surface area (Å²) in [5.74, 6) is 0.867. The maximum Gasteiger partial charge on any atom is 0.0364 e. The Morgan fingerprint density at radius 3 is 2.72 bits per heavy atom. The summed E-state index contributed by atoms with van der Waals surface area (Å²) in [6.07, 6.45) is 6.16. The lowest BCUT2D eigenvalue weighted by atomic mass is 9.96. The average molecular weight is 264 g/mol. The van der Waals surface area contributed by atoms with Crippen LogP contribution in [0.1, 0.15) is 19.3 Å². The van der Waals surface area contributed by atoms with E-state index in [-0.39, 0.29) is 0 Å². The Hall–Kier alpha value is -0.670. The van der Waals surface area contributed by atoms with Crippen molar-refractivity contribution in [1.82, 2.24) is 5.32 Å². The summed E-state index contributed by atoms with van der Waals surface area (Å²) in [5, 5.41) is 3.49. The fourth-order valence-corrected chi connectivity index (χ4v) is 2.92. The topological polar surface area (TPSA) is 15.3 Å². The molecule has 1 aliphatic rings. The van der Waals surface area contributed by atoms with Crippen molar-refractivity contribution in [2.75, 3.05) is 37.8 Å². The molecule has 100 valence electrons. The highest BCUT2D eigenvalue weighted by Gasteiger charge is 2.13. The largest absolute Gasteiger partial charge is 0.375 e. The third kappa shape index (κ3) is 3.92. The SMILES string of the molecule is CSc1ccc(N(C)CCC2CCCNC2)cc1. The van der Waals surface area contributed by atoms with Gasteiger partial charge in [-0.1, -0.05) is 0 Å². The van der Waals surface area contributed by atoms with Gasteiger partial charge in [0.05, 0.1) is 0 Å². The highest BCUT2D eigenvalue weighted by atomic mass is 32.2. The van der Waals surface area contributed by atoms with Gasteiger partial charge in [0.2, 0.25) is 0 Å². The van der Waals surface area contributed by atoms with Gasteiger partial charge in [0.1, 0.15) is 0 Å². The van der Waals surface area contributed by atoms with Crippen LogP contribution in [-0.4, -0.2) is 32.9 Å². The highest BCUT2D eigenvalue weighted by Crippen LogP contribution is 2.21. The lowest BCUT2D eigenvalue weighted by Crippen LogP contribution is -2.32. The van der Waals surface area contributed by atoms with Crippen molar-refractivity contribution in [1.29, 1.82) is 0 Å². The van der Waals surface area contributed by atoms with Crippen LogP contribution in [-0.2, 0) is 0 Å². The molecule has 2 rings (SSSR count). The molecule has 0 spiro atoms. The molecule has 1 aliphatic heterocycles. The molecule has 0 saturated carbocycles. The molecule has 1 unspecified atom stereocenters. The van der Waals surface area contributed by atoms with Gasteiger partial charge in [0.15, 0.2) is 0 Å². The van der Waals surface area contributed by atoms with E-state index in [0.717, 1.165) is 12.5 Å². The number of piperidine rings is 1. The van der Waals surface area contributed by atoms with Crippen LogP contribution in [0, 0.1) is 5.92 Å². The molecule has 0 aromatic heterocycles. The third-order valence-corrected chi connectivity index (χ3v) is 4.53. The highest BCUT2D eigenvalue weighted by molar-refractivity contribution is 7.98. The molecule has 1 fully saturated rings. The molecule has 1 saturated heterocycles. The van der Waals surface area contributed by atoms with Gasteiger partial charge >= 0.3 is 0 Å². The lowest BCUT2D eigenvalue weighted by Gasteiger charge is -2.26. The minimum absolute atomic E-state index is 0.867. The minimum atomic E-state index is 0.867. The number of anilines is 1. The predicted molar refractivity (Wildman–Crippen MR) is 81.7 cm³/mol. The van der Waals surface area contributed by atoms with Crippen molar-refractivity contribution in [3.05, 3.63) is 24.3 Å². The summed E-state index contributed by atoms with van der Waals surface area (Å²) in [5.41, 5.74) is 1.33. The molecule has 2 nitrogen and oxygen atoms in total. The molecule has 0 amide bonds. The van der Waals surface area contributed by atoms with E-state index >= 15 is 0 Å². The van der Waals surface area contributed by atoms with Crippen molar-refractivity contribution >= 4 is 17.4 Å². The van der Waals surface area contributed by atoms with E-state index in [9.17, 15) is 0 Å². The van der Waals surface area contributed by atoms with Crippen LogP contribution < -0.4 is 10.2 Å². The fraction of sp³-hybridized carbons (Fsp3) is 0.600. The number of hydrogen-bond donors (Lipinski definition) is 1. The van der Waals surface area contributed by atoms with Crippen LogP contribution in [0.5, 0.6) is 0 Å². The van der Waals surface area contributed by atoms with Gasteiger partial charge in [-0.25, -0.2) is 0 Å². The van der Waals surface area contributed by atoms with Crippen LogP contribution in [0.4, 0.5) is 5.69 Å². The van der Waals surface area contributed by atoms with Crippen LogP contribution in [0.25, 0.3) is 0 Å². The first kappa shape index (κ1) is 13.8. The molecule has 3 heteroatoms.